The Morgan fingerprint density at radius 2 is 1.86 bits per heavy atom. The second kappa shape index (κ2) is 7.56. The highest BCUT2D eigenvalue weighted by Crippen LogP contribution is 2.02. The molecular formula is C11H20O3. The van der Waals surface area contributed by atoms with Crippen LogP contribution in [-0.2, 0) is 14.3 Å². The summed E-state index contributed by atoms with van der Waals surface area (Å²) in [5.74, 6) is -0.349. The van der Waals surface area contributed by atoms with E-state index in [1.807, 2.05) is 0 Å². The standard InChI is InChI=1S/C11H20O3/c1-5-10(6-2)13-7-8-14-11(12)9(3)4/h10H,3,5-8H2,1-2,4H3. The first-order valence-electron chi connectivity index (χ1n) is 5.06. The minimum Gasteiger partial charge on any atom is -0.460 e. The molecule has 0 unspecified atom stereocenters. The molecule has 0 amide bonds. The molecule has 0 aromatic carbocycles. The zero-order valence-electron chi connectivity index (χ0n) is 9.34. The molecule has 0 fully saturated rings. The van der Waals surface area contributed by atoms with Crippen LogP contribution in [0, 0.1) is 0 Å². The Kier molecular flexibility index (Phi) is 7.11. The van der Waals surface area contributed by atoms with Crippen LogP contribution in [0.1, 0.15) is 33.6 Å². The number of carbonyl (C=O) groups is 1. The molecule has 0 rings (SSSR count). The van der Waals surface area contributed by atoms with Gasteiger partial charge in [-0.05, 0) is 19.8 Å². The van der Waals surface area contributed by atoms with Gasteiger partial charge in [-0.25, -0.2) is 4.79 Å². The predicted molar refractivity (Wildman–Crippen MR) is 56.1 cm³/mol. The first-order chi connectivity index (χ1) is 6.61. The summed E-state index contributed by atoms with van der Waals surface area (Å²) in [5.41, 5.74) is 0.424. The summed E-state index contributed by atoms with van der Waals surface area (Å²) in [5, 5.41) is 0. The molecule has 0 radical (unpaired) electrons. The van der Waals surface area contributed by atoms with Gasteiger partial charge in [0, 0.05) is 5.57 Å². The zero-order chi connectivity index (χ0) is 11.0. The van der Waals surface area contributed by atoms with Crippen molar-refractivity contribution in [1.82, 2.24) is 0 Å². The highest BCUT2D eigenvalue weighted by atomic mass is 16.6. The van der Waals surface area contributed by atoms with Gasteiger partial charge in [0.05, 0.1) is 12.7 Å². The van der Waals surface area contributed by atoms with E-state index in [9.17, 15) is 4.79 Å². The van der Waals surface area contributed by atoms with E-state index in [0.29, 0.717) is 18.8 Å². The summed E-state index contributed by atoms with van der Waals surface area (Å²) >= 11 is 0. The third kappa shape index (κ3) is 5.75. The van der Waals surface area contributed by atoms with Crippen molar-refractivity contribution in [2.75, 3.05) is 13.2 Å². The minimum atomic E-state index is -0.349. The fourth-order valence-corrected chi connectivity index (χ4v) is 0.997. The molecular weight excluding hydrogens is 180 g/mol. The molecule has 3 nitrogen and oxygen atoms in total. The maximum Gasteiger partial charge on any atom is 0.333 e. The van der Waals surface area contributed by atoms with Crippen LogP contribution in [0.15, 0.2) is 12.2 Å². The number of rotatable bonds is 7. The summed E-state index contributed by atoms with van der Waals surface area (Å²) in [6.07, 6.45) is 2.26. The van der Waals surface area contributed by atoms with E-state index < -0.39 is 0 Å². The van der Waals surface area contributed by atoms with Gasteiger partial charge in [-0.1, -0.05) is 20.4 Å². The second-order valence-corrected chi connectivity index (χ2v) is 3.23. The lowest BCUT2D eigenvalue weighted by atomic mass is 10.2. The summed E-state index contributed by atoms with van der Waals surface area (Å²) in [6, 6.07) is 0. The van der Waals surface area contributed by atoms with Crippen LogP contribution in [0.2, 0.25) is 0 Å². The lowest BCUT2D eigenvalue weighted by Crippen LogP contribution is -2.16. The van der Waals surface area contributed by atoms with E-state index in [2.05, 4.69) is 20.4 Å². The maximum absolute atomic E-state index is 10.9. The van der Waals surface area contributed by atoms with Gasteiger partial charge in [0.1, 0.15) is 6.61 Å². The van der Waals surface area contributed by atoms with Gasteiger partial charge in [0.15, 0.2) is 0 Å². The average molecular weight is 200 g/mol. The summed E-state index contributed by atoms with van der Waals surface area (Å²) in [7, 11) is 0. The summed E-state index contributed by atoms with van der Waals surface area (Å²) < 4.78 is 10.3. The van der Waals surface area contributed by atoms with E-state index in [0.717, 1.165) is 12.8 Å². The lowest BCUT2D eigenvalue weighted by molar-refractivity contribution is -0.141. The van der Waals surface area contributed by atoms with Crippen LogP contribution >= 0.6 is 0 Å². The Morgan fingerprint density at radius 3 is 2.29 bits per heavy atom. The van der Waals surface area contributed by atoms with E-state index in [4.69, 9.17) is 9.47 Å². The van der Waals surface area contributed by atoms with E-state index in [1.165, 1.54) is 0 Å². The molecule has 0 aromatic rings. The number of hydrogen-bond acceptors (Lipinski definition) is 3. The first kappa shape index (κ1) is 13.2. The van der Waals surface area contributed by atoms with Crippen molar-refractivity contribution in [3.8, 4) is 0 Å². The number of esters is 1. The van der Waals surface area contributed by atoms with Gasteiger partial charge in [-0.2, -0.15) is 0 Å². The lowest BCUT2D eigenvalue weighted by Gasteiger charge is -2.13. The molecule has 0 atom stereocenters. The number of carbonyl (C=O) groups excluding carboxylic acids is 1. The molecule has 0 aliphatic rings. The molecule has 0 aliphatic heterocycles. The van der Waals surface area contributed by atoms with Gasteiger partial charge in [-0.3, -0.25) is 0 Å². The van der Waals surface area contributed by atoms with Crippen molar-refractivity contribution in [3.63, 3.8) is 0 Å². The molecule has 14 heavy (non-hydrogen) atoms. The van der Waals surface area contributed by atoms with E-state index >= 15 is 0 Å². The van der Waals surface area contributed by atoms with Crippen molar-refractivity contribution < 1.29 is 14.3 Å². The molecule has 3 heteroatoms. The number of ether oxygens (including phenoxy) is 2. The van der Waals surface area contributed by atoms with Crippen molar-refractivity contribution in [2.45, 2.75) is 39.7 Å². The van der Waals surface area contributed by atoms with Crippen LogP contribution in [0.5, 0.6) is 0 Å². The molecule has 0 heterocycles. The van der Waals surface area contributed by atoms with Gasteiger partial charge < -0.3 is 9.47 Å². The third-order valence-corrected chi connectivity index (χ3v) is 1.93. The minimum absolute atomic E-state index is 0.276. The Hall–Kier alpha value is -0.830. The largest absolute Gasteiger partial charge is 0.460 e. The van der Waals surface area contributed by atoms with Crippen LogP contribution in [-0.4, -0.2) is 25.3 Å². The van der Waals surface area contributed by atoms with Gasteiger partial charge in [-0.15, -0.1) is 0 Å². The topological polar surface area (TPSA) is 35.5 Å². The second-order valence-electron chi connectivity index (χ2n) is 3.23. The molecule has 0 N–H and O–H groups in total. The Morgan fingerprint density at radius 1 is 1.29 bits per heavy atom. The zero-order valence-corrected chi connectivity index (χ0v) is 9.34. The monoisotopic (exact) mass is 200 g/mol. The number of hydrogen-bond donors (Lipinski definition) is 0. The molecule has 0 saturated heterocycles. The highest BCUT2D eigenvalue weighted by Gasteiger charge is 2.05. The van der Waals surface area contributed by atoms with Crippen LogP contribution < -0.4 is 0 Å². The SMILES string of the molecule is C=C(C)C(=O)OCCOC(CC)CC. The van der Waals surface area contributed by atoms with Gasteiger partial charge in [0.2, 0.25) is 0 Å². The Labute approximate surface area is 86.1 Å². The van der Waals surface area contributed by atoms with Crippen molar-refractivity contribution in [2.24, 2.45) is 0 Å². The Bertz CT molecular complexity index is 183. The molecule has 0 saturated carbocycles. The molecule has 0 bridgehead atoms. The summed E-state index contributed by atoms with van der Waals surface area (Å²) in [4.78, 5) is 10.9. The van der Waals surface area contributed by atoms with Crippen molar-refractivity contribution in [1.29, 1.82) is 0 Å². The third-order valence-electron chi connectivity index (χ3n) is 1.93. The van der Waals surface area contributed by atoms with Gasteiger partial charge in [0.25, 0.3) is 0 Å². The van der Waals surface area contributed by atoms with Crippen molar-refractivity contribution >= 4 is 5.97 Å². The van der Waals surface area contributed by atoms with Gasteiger partial charge >= 0.3 is 5.97 Å². The van der Waals surface area contributed by atoms with Crippen LogP contribution in [0.4, 0.5) is 0 Å². The first-order valence-corrected chi connectivity index (χ1v) is 5.06. The fourth-order valence-electron chi connectivity index (χ4n) is 0.997. The summed E-state index contributed by atoms with van der Waals surface area (Å²) in [6.45, 7) is 10.0. The molecule has 0 aliphatic carbocycles. The van der Waals surface area contributed by atoms with E-state index in [1.54, 1.807) is 6.92 Å². The van der Waals surface area contributed by atoms with Crippen molar-refractivity contribution in [3.05, 3.63) is 12.2 Å². The fraction of sp³-hybridized carbons (Fsp3) is 0.727. The highest BCUT2D eigenvalue weighted by molar-refractivity contribution is 5.86. The Balaban J connectivity index is 3.46. The van der Waals surface area contributed by atoms with E-state index in [-0.39, 0.29) is 12.1 Å². The molecule has 0 aromatic heterocycles. The maximum atomic E-state index is 10.9. The smallest absolute Gasteiger partial charge is 0.333 e. The van der Waals surface area contributed by atoms with Crippen LogP contribution in [0.3, 0.4) is 0 Å². The quantitative estimate of drug-likeness (QED) is 0.359. The predicted octanol–water partition coefficient (Wildman–Crippen LogP) is 2.31. The van der Waals surface area contributed by atoms with Crippen LogP contribution in [0.25, 0.3) is 0 Å². The normalized spacial score (nSPS) is 10.3. The average Bonchev–Trinajstić information content (AvgIpc) is 2.17. The molecule has 82 valence electrons. The molecule has 0 spiro atoms.